The van der Waals surface area contributed by atoms with Crippen LogP contribution in [0.2, 0.25) is 0 Å². The number of aryl methyl sites for hydroxylation is 1. The second kappa shape index (κ2) is 6.53. The van der Waals surface area contributed by atoms with Crippen LogP contribution in [-0.2, 0) is 0 Å². The number of carbonyl (C=O) groups excluding carboxylic acids is 1. The van der Waals surface area contributed by atoms with Gasteiger partial charge in [-0.25, -0.2) is 4.79 Å². The van der Waals surface area contributed by atoms with Crippen LogP contribution in [0, 0.1) is 6.92 Å². The van der Waals surface area contributed by atoms with Gasteiger partial charge >= 0.3 is 5.63 Å². The van der Waals surface area contributed by atoms with Gasteiger partial charge in [0, 0.05) is 10.9 Å². The molecule has 0 aliphatic heterocycles. The predicted molar refractivity (Wildman–Crippen MR) is 101 cm³/mol. The van der Waals surface area contributed by atoms with E-state index in [1.807, 2.05) is 37.3 Å². The van der Waals surface area contributed by atoms with Gasteiger partial charge in [-0.05, 0) is 25.1 Å². The molecule has 2 aromatic carbocycles. The molecule has 0 saturated carbocycles. The first-order chi connectivity index (χ1) is 12.6. The summed E-state index contributed by atoms with van der Waals surface area (Å²) in [5, 5.41) is 12.4. The van der Waals surface area contributed by atoms with Crippen LogP contribution in [0.5, 0.6) is 0 Å². The second-order valence-electron chi connectivity index (χ2n) is 5.72. The number of fused-ring (bicyclic) bond motifs is 1. The normalized spacial score (nSPS) is 10.8. The van der Waals surface area contributed by atoms with Crippen LogP contribution in [0.25, 0.3) is 21.5 Å². The number of anilines is 1. The molecular weight excluding hydrogens is 350 g/mol. The van der Waals surface area contributed by atoms with Gasteiger partial charge in [-0.2, -0.15) is 0 Å². The van der Waals surface area contributed by atoms with E-state index in [-0.39, 0.29) is 5.56 Å². The molecule has 0 radical (unpaired) electrons. The highest BCUT2D eigenvalue weighted by Crippen LogP contribution is 2.27. The van der Waals surface area contributed by atoms with Crippen molar-refractivity contribution in [3.63, 3.8) is 0 Å². The third-order valence-corrected chi connectivity index (χ3v) is 4.68. The molecule has 2 heterocycles. The van der Waals surface area contributed by atoms with E-state index in [1.54, 1.807) is 18.2 Å². The Morgan fingerprint density at radius 2 is 1.92 bits per heavy atom. The van der Waals surface area contributed by atoms with Gasteiger partial charge in [0.1, 0.15) is 16.2 Å². The van der Waals surface area contributed by atoms with Crippen LogP contribution in [0.3, 0.4) is 0 Å². The van der Waals surface area contributed by atoms with E-state index in [9.17, 15) is 9.59 Å². The molecular formula is C19H13N3O3S. The number of para-hydroxylation sites is 1. The van der Waals surface area contributed by atoms with Crippen LogP contribution in [0.4, 0.5) is 5.13 Å². The Labute approximate surface area is 152 Å². The zero-order valence-electron chi connectivity index (χ0n) is 13.7. The first kappa shape index (κ1) is 16.2. The lowest BCUT2D eigenvalue weighted by atomic mass is 10.1. The first-order valence-corrected chi connectivity index (χ1v) is 8.66. The molecule has 2 aromatic heterocycles. The van der Waals surface area contributed by atoms with Crippen molar-refractivity contribution in [2.45, 2.75) is 6.92 Å². The fourth-order valence-electron chi connectivity index (χ4n) is 2.55. The number of rotatable bonds is 3. The Hall–Kier alpha value is -3.32. The highest BCUT2D eigenvalue weighted by atomic mass is 32.1. The van der Waals surface area contributed by atoms with Crippen molar-refractivity contribution < 1.29 is 9.21 Å². The topological polar surface area (TPSA) is 85.1 Å². The molecule has 1 N–H and O–H groups in total. The van der Waals surface area contributed by atoms with Crippen LogP contribution in [0.15, 0.2) is 63.8 Å². The average molecular weight is 363 g/mol. The summed E-state index contributed by atoms with van der Waals surface area (Å²) in [6, 6.07) is 16.4. The van der Waals surface area contributed by atoms with Crippen molar-refractivity contribution >= 4 is 33.3 Å². The van der Waals surface area contributed by atoms with Crippen molar-refractivity contribution in [1.29, 1.82) is 0 Å². The Morgan fingerprint density at radius 3 is 2.77 bits per heavy atom. The van der Waals surface area contributed by atoms with Crippen LogP contribution < -0.4 is 10.9 Å². The third-order valence-electron chi connectivity index (χ3n) is 3.80. The molecule has 7 heteroatoms. The molecule has 0 bridgehead atoms. The minimum absolute atomic E-state index is 0.0731. The van der Waals surface area contributed by atoms with Gasteiger partial charge < -0.3 is 4.42 Å². The van der Waals surface area contributed by atoms with E-state index < -0.39 is 11.5 Å². The molecule has 26 heavy (non-hydrogen) atoms. The number of nitrogens with one attached hydrogen (secondary N) is 1. The van der Waals surface area contributed by atoms with Gasteiger partial charge in [-0.1, -0.05) is 53.3 Å². The van der Waals surface area contributed by atoms with E-state index in [2.05, 4.69) is 15.5 Å². The molecule has 0 spiro atoms. The molecule has 0 atom stereocenters. The number of hydrogen-bond acceptors (Lipinski definition) is 6. The zero-order valence-corrected chi connectivity index (χ0v) is 14.5. The molecule has 6 nitrogen and oxygen atoms in total. The monoisotopic (exact) mass is 363 g/mol. The number of amides is 1. The van der Waals surface area contributed by atoms with Crippen molar-refractivity contribution in [2.24, 2.45) is 0 Å². The fraction of sp³-hybridized carbons (Fsp3) is 0.0526. The maximum Gasteiger partial charge on any atom is 0.349 e. The third kappa shape index (κ3) is 3.12. The number of carbonyl (C=O) groups is 1. The molecule has 0 aliphatic carbocycles. The van der Waals surface area contributed by atoms with Crippen molar-refractivity contribution in [1.82, 2.24) is 10.2 Å². The largest absolute Gasteiger partial charge is 0.422 e. The van der Waals surface area contributed by atoms with Crippen molar-refractivity contribution in [2.75, 3.05) is 5.32 Å². The van der Waals surface area contributed by atoms with Crippen LogP contribution in [0.1, 0.15) is 15.9 Å². The van der Waals surface area contributed by atoms with Gasteiger partial charge in [-0.3, -0.25) is 10.1 Å². The number of aromatic nitrogens is 2. The minimum Gasteiger partial charge on any atom is -0.422 e. The Kier molecular flexibility index (Phi) is 4.06. The highest BCUT2D eigenvalue weighted by molar-refractivity contribution is 7.18. The molecule has 4 rings (SSSR count). The van der Waals surface area contributed by atoms with Crippen molar-refractivity contribution in [3.8, 4) is 10.6 Å². The van der Waals surface area contributed by atoms with E-state index in [0.717, 1.165) is 11.1 Å². The van der Waals surface area contributed by atoms with E-state index in [4.69, 9.17) is 4.42 Å². The summed E-state index contributed by atoms with van der Waals surface area (Å²) < 4.78 is 5.19. The van der Waals surface area contributed by atoms with Gasteiger partial charge in [-0.15, -0.1) is 10.2 Å². The predicted octanol–water partition coefficient (Wildman–Crippen LogP) is 3.87. The standard InChI is InChI=1S/C19H13N3O3S/c1-11-5-4-7-13(9-11)17-21-22-19(26-17)20-16(23)14-10-12-6-2-3-8-15(12)25-18(14)24/h2-10H,1H3,(H,20,22,23). The molecule has 4 aromatic rings. The van der Waals surface area contributed by atoms with Crippen LogP contribution in [-0.4, -0.2) is 16.1 Å². The summed E-state index contributed by atoms with van der Waals surface area (Å²) in [5.41, 5.74) is 1.71. The summed E-state index contributed by atoms with van der Waals surface area (Å²) in [6.45, 7) is 1.99. The highest BCUT2D eigenvalue weighted by Gasteiger charge is 2.16. The lowest BCUT2D eigenvalue weighted by Crippen LogP contribution is -2.20. The van der Waals surface area contributed by atoms with Crippen molar-refractivity contribution in [3.05, 3.63) is 76.1 Å². The van der Waals surface area contributed by atoms with E-state index in [1.165, 1.54) is 17.4 Å². The summed E-state index contributed by atoms with van der Waals surface area (Å²) >= 11 is 1.24. The summed E-state index contributed by atoms with van der Waals surface area (Å²) in [5.74, 6) is -0.573. The molecule has 0 aliphatic rings. The number of benzene rings is 2. The summed E-state index contributed by atoms with van der Waals surface area (Å²) in [6.07, 6.45) is 0. The Morgan fingerprint density at radius 1 is 1.08 bits per heavy atom. The van der Waals surface area contributed by atoms with E-state index in [0.29, 0.717) is 21.1 Å². The minimum atomic E-state index is -0.690. The SMILES string of the molecule is Cc1cccc(-c2nnc(NC(=O)c3cc4ccccc4oc3=O)s2)c1. The smallest absolute Gasteiger partial charge is 0.349 e. The maximum absolute atomic E-state index is 12.4. The van der Waals surface area contributed by atoms with Gasteiger partial charge in [0.2, 0.25) is 5.13 Å². The Bertz CT molecular complexity index is 1180. The summed E-state index contributed by atoms with van der Waals surface area (Å²) in [7, 11) is 0. The average Bonchev–Trinajstić information content (AvgIpc) is 3.09. The molecule has 0 unspecified atom stereocenters. The molecule has 0 saturated heterocycles. The molecule has 1 amide bonds. The lowest BCUT2D eigenvalue weighted by molar-refractivity contribution is 0.102. The quantitative estimate of drug-likeness (QED) is 0.559. The molecule has 128 valence electrons. The maximum atomic E-state index is 12.4. The first-order valence-electron chi connectivity index (χ1n) is 7.85. The second-order valence-corrected chi connectivity index (χ2v) is 6.70. The fourth-order valence-corrected chi connectivity index (χ4v) is 3.29. The van der Waals surface area contributed by atoms with Crippen LogP contribution >= 0.6 is 11.3 Å². The number of nitrogens with zero attached hydrogens (tertiary/aromatic N) is 2. The van der Waals surface area contributed by atoms with E-state index >= 15 is 0 Å². The molecule has 0 fully saturated rings. The summed E-state index contributed by atoms with van der Waals surface area (Å²) in [4.78, 5) is 24.5. The van der Waals surface area contributed by atoms with Gasteiger partial charge in [0.05, 0.1) is 0 Å². The number of hydrogen-bond donors (Lipinski definition) is 1. The lowest BCUT2D eigenvalue weighted by Gasteiger charge is -2.01. The zero-order chi connectivity index (χ0) is 18.1. The van der Waals surface area contributed by atoms with Gasteiger partial charge in [0.25, 0.3) is 5.91 Å². The Balaban J connectivity index is 1.61. The van der Waals surface area contributed by atoms with Gasteiger partial charge in [0.15, 0.2) is 0 Å².